The summed E-state index contributed by atoms with van der Waals surface area (Å²) in [5.74, 6) is -1.20. The number of benzene rings is 1. The van der Waals surface area contributed by atoms with Crippen LogP contribution in [0, 0.1) is 0 Å². The van der Waals surface area contributed by atoms with E-state index >= 15 is 0 Å². The van der Waals surface area contributed by atoms with Crippen molar-refractivity contribution in [3.8, 4) is 0 Å². The standard InChI is InChI=1S/C13H15NO5/c1-10(12(16)17)14(7-8-15)13(18)19-9-11-5-3-2-4-6-11/h2-6,8,10H,7,9H2,1H3,(H,16,17)/t10-/m1/s1. The zero-order chi connectivity index (χ0) is 14.3. The minimum atomic E-state index is -1.20. The van der Waals surface area contributed by atoms with Crippen LogP contribution in [-0.4, -0.2) is 40.9 Å². The summed E-state index contributed by atoms with van der Waals surface area (Å²) in [6, 6.07) is 7.86. The van der Waals surface area contributed by atoms with E-state index in [4.69, 9.17) is 9.84 Å². The number of carboxylic acid groups (broad SMARTS) is 1. The molecule has 1 aromatic carbocycles. The van der Waals surface area contributed by atoms with Crippen LogP contribution < -0.4 is 0 Å². The maximum absolute atomic E-state index is 11.7. The van der Waals surface area contributed by atoms with Gasteiger partial charge in [-0.2, -0.15) is 0 Å². The van der Waals surface area contributed by atoms with E-state index in [0.29, 0.717) is 6.29 Å². The van der Waals surface area contributed by atoms with Crippen LogP contribution in [0.25, 0.3) is 0 Å². The zero-order valence-corrected chi connectivity index (χ0v) is 10.5. The number of nitrogens with zero attached hydrogens (tertiary/aromatic N) is 1. The molecule has 6 heteroatoms. The van der Waals surface area contributed by atoms with Gasteiger partial charge in [0.15, 0.2) is 0 Å². The molecule has 0 unspecified atom stereocenters. The van der Waals surface area contributed by atoms with Crippen molar-refractivity contribution in [2.75, 3.05) is 6.54 Å². The van der Waals surface area contributed by atoms with Gasteiger partial charge in [-0.1, -0.05) is 30.3 Å². The van der Waals surface area contributed by atoms with Crippen LogP contribution in [0.3, 0.4) is 0 Å². The van der Waals surface area contributed by atoms with Gasteiger partial charge in [0.1, 0.15) is 18.9 Å². The van der Waals surface area contributed by atoms with Crippen molar-refractivity contribution in [2.24, 2.45) is 0 Å². The van der Waals surface area contributed by atoms with Gasteiger partial charge >= 0.3 is 12.1 Å². The lowest BCUT2D eigenvalue weighted by molar-refractivity contribution is -0.142. The van der Waals surface area contributed by atoms with Crippen LogP contribution >= 0.6 is 0 Å². The Labute approximate surface area is 110 Å². The van der Waals surface area contributed by atoms with Crippen molar-refractivity contribution in [1.82, 2.24) is 4.90 Å². The van der Waals surface area contributed by atoms with Crippen molar-refractivity contribution in [1.29, 1.82) is 0 Å². The Morgan fingerprint density at radius 2 is 2.00 bits per heavy atom. The number of aliphatic carboxylic acids is 1. The number of carboxylic acids is 1. The van der Waals surface area contributed by atoms with E-state index in [1.54, 1.807) is 24.3 Å². The number of hydrogen-bond donors (Lipinski definition) is 1. The highest BCUT2D eigenvalue weighted by Crippen LogP contribution is 2.06. The highest BCUT2D eigenvalue weighted by molar-refractivity contribution is 5.81. The number of amides is 1. The molecular weight excluding hydrogens is 250 g/mol. The van der Waals surface area contributed by atoms with Crippen LogP contribution in [0.4, 0.5) is 4.79 Å². The second kappa shape index (κ2) is 7.15. The Bertz CT molecular complexity index is 446. The molecule has 1 atom stereocenters. The van der Waals surface area contributed by atoms with Gasteiger partial charge in [0.2, 0.25) is 0 Å². The minimum absolute atomic E-state index is 0.0291. The Morgan fingerprint density at radius 1 is 1.37 bits per heavy atom. The molecule has 1 N–H and O–H groups in total. The smallest absolute Gasteiger partial charge is 0.411 e. The first kappa shape index (κ1) is 14.7. The largest absolute Gasteiger partial charge is 0.480 e. The Balaban J connectivity index is 2.62. The first-order valence-electron chi connectivity index (χ1n) is 5.70. The molecule has 0 saturated carbocycles. The van der Waals surface area contributed by atoms with Gasteiger partial charge in [0, 0.05) is 0 Å². The molecule has 0 aliphatic carbocycles. The zero-order valence-electron chi connectivity index (χ0n) is 10.5. The Hall–Kier alpha value is -2.37. The molecule has 0 aliphatic heterocycles. The fraction of sp³-hybridized carbons (Fsp3) is 0.308. The monoisotopic (exact) mass is 265 g/mol. The summed E-state index contributed by atoms with van der Waals surface area (Å²) in [5, 5.41) is 8.85. The van der Waals surface area contributed by atoms with Gasteiger partial charge < -0.3 is 14.6 Å². The molecule has 0 aliphatic rings. The molecule has 0 radical (unpaired) electrons. The summed E-state index contributed by atoms with van der Waals surface area (Å²) in [6.07, 6.45) is -0.366. The average molecular weight is 265 g/mol. The fourth-order valence-corrected chi connectivity index (χ4v) is 1.41. The molecule has 6 nitrogen and oxygen atoms in total. The topological polar surface area (TPSA) is 83.9 Å². The molecule has 1 aromatic rings. The second-order valence-corrected chi connectivity index (χ2v) is 3.87. The SMILES string of the molecule is C[C@H](C(=O)O)N(CC=O)C(=O)OCc1ccccc1. The van der Waals surface area contributed by atoms with Crippen LogP contribution in [0.15, 0.2) is 30.3 Å². The molecule has 1 rings (SSSR count). The van der Waals surface area contributed by atoms with Crippen molar-refractivity contribution in [2.45, 2.75) is 19.6 Å². The number of carbonyl (C=O) groups is 3. The first-order valence-corrected chi connectivity index (χ1v) is 5.70. The van der Waals surface area contributed by atoms with Crippen molar-refractivity contribution >= 4 is 18.3 Å². The molecular formula is C13H15NO5. The molecule has 0 aromatic heterocycles. The lowest BCUT2D eigenvalue weighted by atomic mass is 10.2. The maximum atomic E-state index is 11.7. The summed E-state index contributed by atoms with van der Waals surface area (Å²) < 4.78 is 4.98. The van der Waals surface area contributed by atoms with E-state index in [1.165, 1.54) is 6.92 Å². The molecule has 19 heavy (non-hydrogen) atoms. The van der Waals surface area contributed by atoms with E-state index in [2.05, 4.69) is 0 Å². The van der Waals surface area contributed by atoms with Crippen LogP contribution in [0.2, 0.25) is 0 Å². The van der Waals surface area contributed by atoms with Gasteiger partial charge in [-0.05, 0) is 12.5 Å². The average Bonchev–Trinajstić information content (AvgIpc) is 2.42. The summed E-state index contributed by atoms with van der Waals surface area (Å²) in [7, 11) is 0. The normalized spacial score (nSPS) is 11.4. The summed E-state index contributed by atoms with van der Waals surface area (Å²) in [6.45, 7) is 1.03. The van der Waals surface area contributed by atoms with Crippen LogP contribution in [0.1, 0.15) is 12.5 Å². The molecule has 102 valence electrons. The third-order valence-electron chi connectivity index (χ3n) is 2.54. The molecule has 1 amide bonds. The summed E-state index contributed by atoms with van der Waals surface area (Å²) in [4.78, 5) is 33.9. The predicted molar refractivity (Wildman–Crippen MR) is 66.5 cm³/mol. The fourth-order valence-electron chi connectivity index (χ4n) is 1.41. The lowest BCUT2D eigenvalue weighted by Crippen LogP contribution is -2.44. The highest BCUT2D eigenvalue weighted by Gasteiger charge is 2.26. The summed E-state index contributed by atoms with van der Waals surface area (Å²) in [5.41, 5.74) is 0.782. The van der Waals surface area contributed by atoms with Crippen molar-refractivity contribution in [3.05, 3.63) is 35.9 Å². The van der Waals surface area contributed by atoms with Gasteiger partial charge in [0.25, 0.3) is 0 Å². The van der Waals surface area contributed by atoms with Gasteiger partial charge in [-0.25, -0.2) is 9.59 Å². The van der Waals surface area contributed by atoms with Gasteiger partial charge in [0.05, 0.1) is 6.54 Å². The molecule has 0 bridgehead atoms. The molecule has 0 heterocycles. The lowest BCUT2D eigenvalue weighted by Gasteiger charge is -2.23. The number of carbonyl (C=O) groups excluding carboxylic acids is 2. The van der Waals surface area contributed by atoms with Gasteiger partial charge in [-0.15, -0.1) is 0 Å². The third kappa shape index (κ3) is 4.42. The second-order valence-electron chi connectivity index (χ2n) is 3.87. The maximum Gasteiger partial charge on any atom is 0.411 e. The van der Waals surface area contributed by atoms with Crippen molar-refractivity contribution < 1.29 is 24.2 Å². The number of ether oxygens (including phenoxy) is 1. The van der Waals surface area contributed by atoms with Crippen molar-refractivity contribution in [3.63, 3.8) is 0 Å². The van der Waals surface area contributed by atoms with E-state index in [1.807, 2.05) is 6.07 Å². The Morgan fingerprint density at radius 3 is 2.53 bits per heavy atom. The van der Waals surface area contributed by atoms with Crippen LogP contribution in [-0.2, 0) is 20.9 Å². The number of rotatable bonds is 6. The number of aldehydes is 1. The summed E-state index contributed by atoms with van der Waals surface area (Å²) >= 11 is 0. The quantitative estimate of drug-likeness (QED) is 0.784. The minimum Gasteiger partial charge on any atom is -0.480 e. The van der Waals surface area contributed by atoms with Gasteiger partial charge in [-0.3, -0.25) is 4.90 Å². The van der Waals surface area contributed by atoms with E-state index in [0.717, 1.165) is 10.5 Å². The third-order valence-corrected chi connectivity index (χ3v) is 2.54. The molecule has 0 fully saturated rings. The Kier molecular flexibility index (Phi) is 5.53. The molecule has 0 spiro atoms. The predicted octanol–water partition coefficient (Wildman–Crippen LogP) is 1.30. The van der Waals surface area contributed by atoms with E-state index in [-0.39, 0.29) is 13.2 Å². The number of hydrogen-bond acceptors (Lipinski definition) is 4. The van der Waals surface area contributed by atoms with E-state index in [9.17, 15) is 14.4 Å². The first-order chi connectivity index (χ1) is 9.06. The van der Waals surface area contributed by atoms with Crippen LogP contribution in [0.5, 0.6) is 0 Å². The highest BCUT2D eigenvalue weighted by atomic mass is 16.6. The molecule has 0 saturated heterocycles. The van der Waals surface area contributed by atoms with E-state index < -0.39 is 18.1 Å².